The van der Waals surface area contributed by atoms with Crippen molar-refractivity contribution in [3.63, 3.8) is 0 Å². The summed E-state index contributed by atoms with van der Waals surface area (Å²) >= 11 is 0. The third-order valence-electron chi connectivity index (χ3n) is 0.462. The SMILES string of the molecule is CC(=O)ONCCN.[CH2-]C(=O)O.[CH2-]C(=O)O.[CH2-]C(=O)O.[CH2-]C(=O)O.[H-].[Na+].[Zn]. The fraction of sp³-hybridized carbons (Fsp3) is 0.250. The van der Waals surface area contributed by atoms with Crippen molar-refractivity contribution in [1.29, 1.82) is 0 Å². The zero-order chi connectivity index (χ0) is 20.7. The Bertz CT molecular complexity index is 312. The van der Waals surface area contributed by atoms with E-state index in [9.17, 15) is 4.79 Å². The Morgan fingerprint density at radius 2 is 1.08 bits per heavy atom. The maximum absolute atomic E-state index is 9.99. The maximum Gasteiger partial charge on any atom is 1.00 e. The third-order valence-corrected chi connectivity index (χ3v) is 0.462. The van der Waals surface area contributed by atoms with Gasteiger partial charge in [0.1, 0.15) is 0 Å². The van der Waals surface area contributed by atoms with Crippen LogP contribution < -0.4 is 40.8 Å². The molecule has 14 heteroatoms. The molecule has 0 aliphatic heterocycles. The fourth-order valence-electron chi connectivity index (χ4n) is 0.212. The Labute approximate surface area is 188 Å². The van der Waals surface area contributed by atoms with Crippen molar-refractivity contribution in [3.05, 3.63) is 27.7 Å². The van der Waals surface area contributed by atoms with Crippen molar-refractivity contribution in [2.24, 2.45) is 5.73 Å². The van der Waals surface area contributed by atoms with Gasteiger partial charge in [-0.3, -0.25) is 51.7 Å². The van der Waals surface area contributed by atoms with Crippen LogP contribution in [0.2, 0.25) is 0 Å². The summed E-state index contributed by atoms with van der Waals surface area (Å²) in [5.41, 5.74) is 7.42. The van der Waals surface area contributed by atoms with Crippen LogP contribution in [0.4, 0.5) is 0 Å². The first kappa shape index (κ1) is 44.1. The molecule has 12 nitrogen and oxygen atoms in total. The van der Waals surface area contributed by atoms with Crippen LogP contribution in [0.5, 0.6) is 0 Å². The van der Waals surface area contributed by atoms with E-state index in [-0.39, 0.29) is 56.4 Å². The van der Waals surface area contributed by atoms with Gasteiger partial charge in [0.25, 0.3) is 0 Å². The van der Waals surface area contributed by atoms with E-state index in [2.05, 4.69) is 38.0 Å². The summed E-state index contributed by atoms with van der Waals surface area (Å²) in [6.45, 7) is 12.5. The molecule has 0 aromatic rings. The second-order valence-corrected chi connectivity index (χ2v) is 2.85. The van der Waals surface area contributed by atoms with Crippen LogP contribution in [-0.4, -0.2) is 63.4 Å². The summed E-state index contributed by atoms with van der Waals surface area (Å²) < 4.78 is 0. The minimum absolute atomic E-state index is 0. The number of carboxylic acid groups (broad SMARTS) is 4. The van der Waals surface area contributed by atoms with Crippen LogP contribution in [0.1, 0.15) is 8.35 Å². The van der Waals surface area contributed by atoms with Gasteiger partial charge in [0, 0.05) is 39.5 Å². The Morgan fingerprint density at radius 3 is 1.19 bits per heavy atom. The minimum Gasteiger partial charge on any atom is -1.00 e. The fourth-order valence-corrected chi connectivity index (χ4v) is 0.212. The van der Waals surface area contributed by atoms with Gasteiger partial charge in [-0.1, -0.05) is 0 Å². The van der Waals surface area contributed by atoms with E-state index < -0.39 is 23.9 Å². The molecular weight excluding hydrogens is 421 g/mol. The van der Waals surface area contributed by atoms with Crippen molar-refractivity contribution in [1.82, 2.24) is 5.48 Å². The molecule has 26 heavy (non-hydrogen) atoms. The van der Waals surface area contributed by atoms with Crippen molar-refractivity contribution in [2.75, 3.05) is 13.1 Å². The van der Waals surface area contributed by atoms with Gasteiger partial charge in [0.2, 0.25) is 0 Å². The number of carbonyl (C=O) groups is 5. The predicted molar refractivity (Wildman–Crippen MR) is 81.9 cm³/mol. The predicted octanol–water partition coefficient (Wildman–Crippen LogP) is -4.25. The van der Waals surface area contributed by atoms with E-state index in [1.54, 1.807) is 0 Å². The zero-order valence-corrected chi connectivity index (χ0v) is 19.7. The molecule has 0 aromatic carbocycles. The van der Waals surface area contributed by atoms with Crippen molar-refractivity contribution in [3.8, 4) is 0 Å². The standard InChI is InChI=1S/C4H10N2O2.4C2H3O2.Na.Zn.H/c1-4(7)8-6-3-2-5;4*1-2(3)4;;;/h6H,2-3,5H2,1H3;4*1H2,(H,3,4);;;/q;4*-1;+1;;-1. The van der Waals surface area contributed by atoms with Gasteiger partial charge in [-0.2, -0.15) is 5.48 Å². The summed E-state index contributed by atoms with van der Waals surface area (Å²) in [6, 6.07) is 0. The number of nitrogens with one attached hydrogen (secondary N) is 1. The Kier molecular flexibility index (Phi) is 65.8. The van der Waals surface area contributed by atoms with Crippen molar-refractivity contribution in [2.45, 2.75) is 6.92 Å². The number of hydrogen-bond acceptors (Lipinski definition) is 8. The molecule has 148 valence electrons. The normalized spacial score (nSPS) is 6.38. The second kappa shape index (κ2) is 38.8. The molecule has 0 unspecified atom stereocenters. The van der Waals surface area contributed by atoms with E-state index in [0.29, 0.717) is 13.1 Å². The van der Waals surface area contributed by atoms with E-state index in [1.165, 1.54) is 6.92 Å². The van der Waals surface area contributed by atoms with Crippen LogP contribution in [0.25, 0.3) is 0 Å². The average Bonchev–Trinajstić information content (AvgIpc) is 2.25. The topological polar surface area (TPSA) is 214 Å². The van der Waals surface area contributed by atoms with E-state index in [4.69, 9.17) is 45.3 Å². The van der Waals surface area contributed by atoms with Gasteiger partial charge in [0.15, 0.2) is 23.9 Å². The molecule has 0 amide bonds. The zero-order valence-electron chi connectivity index (χ0n) is 15.8. The molecule has 0 aliphatic carbocycles. The summed E-state index contributed by atoms with van der Waals surface area (Å²) in [5.74, 6) is -4.68. The molecule has 0 heterocycles. The average molecular weight is 444 g/mol. The summed E-state index contributed by atoms with van der Waals surface area (Å²) in [7, 11) is 0. The van der Waals surface area contributed by atoms with Crippen LogP contribution in [0.15, 0.2) is 0 Å². The molecule has 0 saturated heterocycles. The van der Waals surface area contributed by atoms with Crippen LogP contribution in [-0.2, 0) is 48.3 Å². The molecule has 0 atom stereocenters. The number of nitrogens with two attached hydrogens (primary N) is 1. The van der Waals surface area contributed by atoms with Gasteiger partial charge < -0.3 is 32.4 Å². The molecule has 0 spiro atoms. The Hall–Kier alpha value is -1.63. The van der Waals surface area contributed by atoms with Gasteiger partial charge in [-0.25, -0.2) is 0 Å². The first-order valence-corrected chi connectivity index (χ1v) is 5.50. The number of carboxylic acids is 4. The van der Waals surface area contributed by atoms with Crippen LogP contribution in [0, 0.1) is 27.7 Å². The number of carbonyl (C=O) groups excluding carboxylic acids is 1. The van der Waals surface area contributed by atoms with Crippen molar-refractivity contribution < 1.29 is 99.7 Å². The molecule has 0 fully saturated rings. The molecule has 0 rings (SSSR count). The Balaban J connectivity index is -0.0000000282. The largest absolute Gasteiger partial charge is 1.00 e. The quantitative estimate of drug-likeness (QED) is 0.106. The van der Waals surface area contributed by atoms with Gasteiger partial charge in [0.05, 0.1) is 0 Å². The van der Waals surface area contributed by atoms with Crippen LogP contribution >= 0.6 is 0 Å². The number of hydroxylamine groups is 1. The second-order valence-electron chi connectivity index (χ2n) is 2.85. The number of hydrogen-bond donors (Lipinski definition) is 6. The summed E-state index contributed by atoms with van der Waals surface area (Å²) in [4.78, 5) is 49.9. The van der Waals surface area contributed by atoms with Crippen LogP contribution in [0.3, 0.4) is 0 Å². The number of aliphatic carboxylic acids is 4. The Morgan fingerprint density at radius 1 is 0.885 bits per heavy atom. The minimum atomic E-state index is -1.08. The first-order chi connectivity index (χ1) is 10.7. The van der Waals surface area contributed by atoms with E-state index in [0.717, 1.165) is 0 Å². The third kappa shape index (κ3) is 898. The summed E-state index contributed by atoms with van der Waals surface area (Å²) in [6.07, 6.45) is 0. The molecular formula is C12H23N2NaO10Zn-4. The molecule has 0 bridgehead atoms. The summed E-state index contributed by atoms with van der Waals surface area (Å²) in [5, 5.41) is 29.2. The monoisotopic (exact) mass is 442 g/mol. The van der Waals surface area contributed by atoms with Gasteiger partial charge >= 0.3 is 35.5 Å². The first-order valence-electron chi connectivity index (χ1n) is 5.50. The molecule has 0 aliphatic rings. The molecule has 7 N–H and O–H groups in total. The van der Waals surface area contributed by atoms with E-state index in [1.807, 2.05) is 0 Å². The molecule has 0 aromatic heterocycles. The maximum atomic E-state index is 9.99. The van der Waals surface area contributed by atoms with Gasteiger partial charge in [-0.05, 0) is 0 Å². The molecule has 0 saturated carbocycles. The van der Waals surface area contributed by atoms with Gasteiger partial charge in [-0.15, -0.1) is 0 Å². The number of rotatable bonds is 3. The smallest absolute Gasteiger partial charge is 1.00 e. The van der Waals surface area contributed by atoms with Crippen molar-refractivity contribution >= 4 is 29.8 Å². The van der Waals surface area contributed by atoms with E-state index >= 15 is 0 Å². The molecule has 0 radical (unpaired) electrons.